The van der Waals surface area contributed by atoms with Crippen LogP contribution in [0.4, 0.5) is 0 Å². The summed E-state index contributed by atoms with van der Waals surface area (Å²) in [5, 5.41) is 3.51. The molecule has 188 valence electrons. The van der Waals surface area contributed by atoms with Crippen molar-refractivity contribution in [1.82, 2.24) is 19.5 Å². The zero-order chi connectivity index (χ0) is 26.5. The fraction of sp³-hybridized carbons (Fsp3) is 0. The molecule has 3 heterocycles. The Hall–Kier alpha value is -5.55. The number of furan rings is 1. The van der Waals surface area contributed by atoms with E-state index in [2.05, 4.69) is 65.2 Å². The molecule has 0 saturated carbocycles. The molecule has 40 heavy (non-hydrogen) atoms. The van der Waals surface area contributed by atoms with Crippen LogP contribution in [0, 0.1) is 0 Å². The second-order valence-electron chi connectivity index (χ2n) is 9.77. The van der Waals surface area contributed by atoms with Crippen LogP contribution < -0.4 is 0 Å². The highest BCUT2D eigenvalue weighted by molar-refractivity contribution is 6.13. The van der Waals surface area contributed by atoms with Gasteiger partial charge in [-0.25, -0.2) is 15.0 Å². The molecule has 0 aliphatic rings. The number of rotatable bonds is 4. The molecule has 0 aliphatic carbocycles. The van der Waals surface area contributed by atoms with Crippen LogP contribution in [0.5, 0.6) is 0 Å². The van der Waals surface area contributed by atoms with Crippen LogP contribution in [0.3, 0.4) is 0 Å². The molecular weight excluding hydrogens is 492 g/mol. The van der Waals surface area contributed by atoms with Gasteiger partial charge in [-0.1, -0.05) is 78.9 Å². The topological polar surface area (TPSA) is 56.7 Å². The van der Waals surface area contributed by atoms with E-state index in [0.717, 1.165) is 44.4 Å². The summed E-state index contributed by atoms with van der Waals surface area (Å²) < 4.78 is 8.04. The lowest BCUT2D eigenvalue weighted by atomic mass is 10.1. The van der Waals surface area contributed by atoms with E-state index in [1.54, 1.807) is 6.26 Å². The average Bonchev–Trinajstić information content (AvgIpc) is 3.62. The van der Waals surface area contributed by atoms with E-state index >= 15 is 0 Å². The van der Waals surface area contributed by atoms with Crippen molar-refractivity contribution in [2.45, 2.75) is 0 Å². The highest BCUT2D eigenvalue weighted by Gasteiger charge is 2.16. The van der Waals surface area contributed by atoms with Crippen LogP contribution in [0.25, 0.3) is 72.6 Å². The van der Waals surface area contributed by atoms with Crippen LogP contribution in [0.15, 0.2) is 138 Å². The molecule has 3 aromatic heterocycles. The maximum absolute atomic E-state index is 5.75. The first-order valence-electron chi connectivity index (χ1n) is 13.2. The normalized spacial score (nSPS) is 11.5. The van der Waals surface area contributed by atoms with Crippen molar-refractivity contribution < 1.29 is 4.42 Å². The summed E-state index contributed by atoms with van der Waals surface area (Å²) in [6.45, 7) is 0. The monoisotopic (exact) mass is 514 g/mol. The van der Waals surface area contributed by atoms with Crippen LogP contribution in [0.1, 0.15) is 0 Å². The number of hydrogen-bond donors (Lipinski definition) is 0. The predicted octanol–water partition coefficient (Wildman–Crippen LogP) is 8.72. The van der Waals surface area contributed by atoms with E-state index in [1.165, 1.54) is 10.8 Å². The second kappa shape index (κ2) is 9.03. The lowest BCUT2D eigenvalue weighted by Gasteiger charge is -2.10. The molecule has 8 aromatic rings. The Bertz CT molecular complexity index is 2090. The molecule has 5 heteroatoms. The van der Waals surface area contributed by atoms with E-state index in [1.807, 2.05) is 66.7 Å². The minimum absolute atomic E-state index is 0.638. The van der Waals surface area contributed by atoms with Crippen LogP contribution >= 0.6 is 0 Å². The van der Waals surface area contributed by atoms with E-state index in [-0.39, 0.29) is 0 Å². The molecular formula is C35H22N4O. The molecule has 0 amide bonds. The Labute approximate surface area is 230 Å². The predicted molar refractivity (Wildman–Crippen MR) is 160 cm³/mol. The largest absolute Gasteiger partial charge is 0.464 e. The minimum Gasteiger partial charge on any atom is -0.464 e. The number of aromatic nitrogens is 4. The molecule has 0 aliphatic heterocycles. The van der Waals surface area contributed by atoms with E-state index in [0.29, 0.717) is 17.5 Å². The molecule has 0 saturated heterocycles. The standard InChI is InChI=1S/C35H22N4O/c1-3-9-23(10-4-1)33-36-34(24-11-5-2-6-12-24)38-35(37-33)25-15-17-27(18-16-25)39-30-14-8-7-13-28(30)29-21-26-19-20-40-32(26)22-31(29)39/h1-22H. The third-order valence-electron chi connectivity index (χ3n) is 7.33. The van der Waals surface area contributed by atoms with Crippen molar-refractivity contribution in [2.75, 3.05) is 0 Å². The molecule has 0 bridgehead atoms. The Morgan fingerprint density at radius 2 is 1.05 bits per heavy atom. The summed E-state index contributed by atoms with van der Waals surface area (Å²) in [5.41, 5.74) is 7.02. The molecule has 0 spiro atoms. The number of nitrogens with zero attached hydrogens (tertiary/aromatic N) is 4. The molecule has 0 radical (unpaired) electrons. The maximum Gasteiger partial charge on any atom is 0.164 e. The van der Waals surface area contributed by atoms with E-state index < -0.39 is 0 Å². The molecule has 0 unspecified atom stereocenters. The van der Waals surface area contributed by atoms with Gasteiger partial charge in [-0.15, -0.1) is 0 Å². The highest BCUT2D eigenvalue weighted by atomic mass is 16.3. The summed E-state index contributed by atoms with van der Waals surface area (Å²) in [4.78, 5) is 14.6. The number of benzene rings is 5. The third kappa shape index (κ3) is 3.68. The van der Waals surface area contributed by atoms with Gasteiger partial charge in [-0.3, -0.25) is 0 Å². The van der Waals surface area contributed by atoms with Gasteiger partial charge in [0.15, 0.2) is 17.5 Å². The van der Waals surface area contributed by atoms with Gasteiger partial charge in [-0.05, 0) is 42.5 Å². The van der Waals surface area contributed by atoms with Gasteiger partial charge in [0.25, 0.3) is 0 Å². The lowest BCUT2D eigenvalue weighted by molar-refractivity contribution is 0.616. The average molecular weight is 515 g/mol. The Balaban J connectivity index is 1.28. The van der Waals surface area contributed by atoms with E-state index in [4.69, 9.17) is 19.4 Å². The summed E-state index contributed by atoms with van der Waals surface area (Å²) in [7, 11) is 0. The first-order valence-corrected chi connectivity index (χ1v) is 13.2. The molecule has 0 fully saturated rings. The fourth-order valence-corrected chi connectivity index (χ4v) is 5.40. The highest BCUT2D eigenvalue weighted by Crippen LogP contribution is 2.35. The van der Waals surface area contributed by atoms with Gasteiger partial charge in [0.1, 0.15) is 5.58 Å². The first-order chi connectivity index (χ1) is 19.8. The van der Waals surface area contributed by atoms with Crippen molar-refractivity contribution in [3.63, 3.8) is 0 Å². The Morgan fingerprint density at radius 1 is 0.475 bits per heavy atom. The van der Waals surface area contributed by atoms with Gasteiger partial charge in [-0.2, -0.15) is 0 Å². The van der Waals surface area contributed by atoms with Gasteiger partial charge in [0.2, 0.25) is 0 Å². The summed E-state index contributed by atoms with van der Waals surface area (Å²) >= 11 is 0. The lowest BCUT2D eigenvalue weighted by Crippen LogP contribution is -2.00. The van der Waals surface area contributed by atoms with Crippen LogP contribution in [-0.2, 0) is 0 Å². The van der Waals surface area contributed by atoms with E-state index in [9.17, 15) is 0 Å². The smallest absolute Gasteiger partial charge is 0.164 e. The van der Waals surface area contributed by atoms with Crippen molar-refractivity contribution in [3.8, 4) is 39.9 Å². The second-order valence-corrected chi connectivity index (χ2v) is 9.77. The minimum atomic E-state index is 0.638. The molecule has 8 rings (SSSR count). The van der Waals surface area contributed by atoms with Gasteiger partial charge in [0, 0.05) is 44.6 Å². The van der Waals surface area contributed by atoms with Gasteiger partial charge < -0.3 is 8.98 Å². The van der Waals surface area contributed by atoms with Crippen molar-refractivity contribution >= 4 is 32.8 Å². The molecule has 0 N–H and O–H groups in total. The fourth-order valence-electron chi connectivity index (χ4n) is 5.40. The molecule has 5 nitrogen and oxygen atoms in total. The SMILES string of the molecule is c1ccc(-c2nc(-c3ccccc3)nc(-c3ccc(-n4c5ccccc5c5cc6ccoc6cc54)cc3)n2)cc1. The quantitative estimate of drug-likeness (QED) is 0.236. The Morgan fingerprint density at radius 3 is 1.70 bits per heavy atom. The first kappa shape index (κ1) is 22.4. The molecule has 0 atom stereocenters. The van der Waals surface area contributed by atoms with Crippen molar-refractivity contribution in [2.24, 2.45) is 0 Å². The Kier molecular flexibility index (Phi) is 5.07. The van der Waals surface area contributed by atoms with Gasteiger partial charge in [0.05, 0.1) is 17.3 Å². The van der Waals surface area contributed by atoms with Crippen molar-refractivity contribution in [1.29, 1.82) is 0 Å². The zero-order valence-electron chi connectivity index (χ0n) is 21.4. The zero-order valence-corrected chi connectivity index (χ0v) is 21.4. The number of para-hydroxylation sites is 1. The number of hydrogen-bond acceptors (Lipinski definition) is 4. The van der Waals surface area contributed by atoms with Crippen LogP contribution in [-0.4, -0.2) is 19.5 Å². The van der Waals surface area contributed by atoms with Crippen LogP contribution in [0.2, 0.25) is 0 Å². The molecule has 5 aromatic carbocycles. The third-order valence-corrected chi connectivity index (χ3v) is 7.33. The summed E-state index contributed by atoms with van der Waals surface area (Å²) in [6, 6.07) is 43.3. The van der Waals surface area contributed by atoms with Crippen molar-refractivity contribution in [3.05, 3.63) is 134 Å². The van der Waals surface area contributed by atoms with Gasteiger partial charge >= 0.3 is 0 Å². The maximum atomic E-state index is 5.75. The number of fused-ring (bicyclic) bond motifs is 4. The summed E-state index contributed by atoms with van der Waals surface area (Å²) in [5.74, 6) is 1.94. The summed E-state index contributed by atoms with van der Waals surface area (Å²) in [6.07, 6.45) is 1.74.